The number of rotatable bonds is 11. The van der Waals surface area contributed by atoms with E-state index >= 15 is 0 Å². The van der Waals surface area contributed by atoms with E-state index < -0.39 is 17.7 Å². The lowest BCUT2D eigenvalue weighted by Crippen LogP contribution is -2.72. The number of alkyl carbamates (subject to hydrolysis) is 1. The molecule has 9 heteroatoms. The van der Waals surface area contributed by atoms with Gasteiger partial charge in [-0.3, -0.25) is 14.5 Å². The van der Waals surface area contributed by atoms with Crippen LogP contribution in [0, 0.1) is 0 Å². The number of amides is 3. The molecule has 3 heterocycles. The fourth-order valence-corrected chi connectivity index (χ4v) is 5.97. The minimum Gasteiger partial charge on any atom is -0.460 e. The lowest BCUT2D eigenvalue weighted by Gasteiger charge is -2.51. The van der Waals surface area contributed by atoms with Gasteiger partial charge in [0.2, 0.25) is 11.8 Å². The number of unbranched alkanes of at least 4 members (excludes halogenated alkanes) is 1. The second kappa shape index (κ2) is 13.2. The van der Waals surface area contributed by atoms with Crippen molar-refractivity contribution in [3.05, 3.63) is 72.0 Å². The van der Waals surface area contributed by atoms with Crippen molar-refractivity contribution >= 4 is 28.9 Å². The Morgan fingerprint density at radius 3 is 2.59 bits per heavy atom. The summed E-state index contributed by atoms with van der Waals surface area (Å²) in [6, 6.07) is 19.1. The molecular weight excluding hydrogens is 520 g/mol. The van der Waals surface area contributed by atoms with Crippen LogP contribution in [0.5, 0.6) is 0 Å². The number of para-hydroxylation sites is 1. The summed E-state index contributed by atoms with van der Waals surface area (Å²) in [5, 5.41) is 6.91. The summed E-state index contributed by atoms with van der Waals surface area (Å²) in [5.74, 6) is 0.879. The van der Waals surface area contributed by atoms with Crippen molar-refractivity contribution in [2.75, 3.05) is 26.2 Å². The van der Waals surface area contributed by atoms with Crippen LogP contribution in [0.1, 0.15) is 56.8 Å². The number of ether oxygens (including phenoxy) is 1. The number of fused-ring (bicyclic) bond motifs is 1. The van der Waals surface area contributed by atoms with E-state index in [1.54, 1.807) is 0 Å². The molecule has 0 saturated carbocycles. The van der Waals surface area contributed by atoms with Gasteiger partial charge >= 0.3 is 6.09 Å². The van der Waals surface area contributed by atoms with Crippen LogP contribution in [0.4, 0.5) is 4.79 Å². The summed E-state index contributed by atoms with van der Waals surface area (Å²) in [6.45, 7) is 5.41. The third-order valence-electron chi connectivity index (χ3n) is 8.20. The number of carbonyl (C=O) groups excluding carboxylic acids is 3. The fourth-order valence-electron chi connectivity index (χ4n) is 5.97. The normalized spacial score (nSPS) is 19.0. The van der Waals surface area contributed by atoms with E-state index in [0.29, 0.717) is 64.8 Å². The van der Waals surface area contributed by atoms with E-state index in [1.165, 1.54) is 0 Å². The third kappa shape index (κ3) is 6.73. The molecule has 5 rings (SSSR count). The number of nitrogens with one attached hydrogen (secondary N) is 2. The van der Waals surface area contributed by atoms with E-state index in [9.17, 15) is 14.4 Å². The molecule has 2 fully saturated rings. The van der Waals surface area contributed by atoms with Crippen LogP contribution < -0.4 is 10.6 Å². The molecule has 0 aliphatic carbocycles. The summed E-state index contributed by atoms with van der Waals surface area (Å²) in [5.41, 5.74) is 1.02. The lowest BCUT2D eigenvalue weighted by atomic mass is 9.81. The molecule has 2 aliphatic heterocycles. The molecule has 1 aromatic heterocycles. The Morgan fingerprint density at radius 2 is 1.83 bits per heavy atom. The van der Waals surface area contributed by atoms with Crippen LogP contribution in [0.15, 0.2) is 65.1 Å². The molecule has 3 aromatic rings. The van der Waals surface area contributed by atoms with Crippen molar-refractivity contribution in [2.45, 2.75) is 70.2 Å². The van der Waals surface area contributed by atoms with E-state index in [1.807, 2.05) is 66.4 Å². The largest absolute Gasteiger partial charge is 0.460 e. The Bertz CT molecular complexity index is 1300. The Hall–Kier alpha value is -3.85. The molecule has 1 spiro atoms. The number of hydrogen-bond acceptors (Lipinski definition) is 6. The Morgan fingerprint density at radius 1 is 1.07 bits per heavy atom. The number of benzene rings is 2. The van der Waals surface area contributed by atoms with Crippen molar-refractivity contribution < 1.29 is 23.5 Å². The molecule has 3 amide bonds. The maximum Gasteiger partial charge on any atom is 0.407 e. The second-order valence-corrected chi connectivity index (χ2v) is 11.1. The first-order chi connectivity index (χ1) is 20.0. The molecule has 9 nitrogen and oxygen atoms in total. The Balaban J connectivity index is 1.08. The maximum absolute atomic E-state index is 13.6. The van der Waals surface area contributed by atoms with Crippen molar-refractivity contribution in [1.82, 2.24) is 20.4 Å². The monoisotopic (exact) mass is 560 g/mol. The Kier molecular flexibility index (Phi) is 9.24. The average Bonchev–Trinajstić information content (AvgIpc) is 3.40. The van der Waals surface area contributed by atoms with Gasteiger partial charge in [0.25, 0.3) is 0 Å². The molecule has 2 aliphatic rings. The SMILES string of the molecule is CCCN1C(=O)[C@H](CCCCNC(=O)OCc2ccccc2)NC(=O)C12CCN(Cc1cc3ccccc3o1)CC2. The summed E-state index contributed by atoms with van der Waals surface area (Å²) in [4.78, 5) is 43.3. The average molecular weight is 561 g/mol. The number of furan rings is 1. The Labute approximate surface area is 241 Å². The first-order valence-corrected chi connectivity index (χ1v) is 14.8. The first kappa shape index (κ1) is 28.7. The summed E-state index contributed by atoms with van der Waals surface area (Å²) < 4.78 is 11.2. The lowest BCUT2D eigenvalue weighted by molar-refractivity contribution is -0.161. The van der Waals surface area contributed by atoms with E-state index in [4.69, 9.17) is 9.15 Å². The number of piperidine rings is 1. The van der Waals surface area contributed by atoms with Gasteiger partial charge in [-0.15, -0.1) is 0 Å². The molecule has 41 heavy (non-hydrogen) atoms. The minimum absolute atomic E-state index is 0.00686. The van der Waals surface area contributed by atoms with Gasteiger partial charge in [0, 0.05) is 31.6 Å². The van der Waals surface area contributed by atoms with E-state index in [0.717, 1.165) is 28.7 Å². The van der Waals surface area contributed by atoms with Crippen LogP contribution in [-0.4, -0.2) is 65.5 Å². The quantitative estimate of drug-likeness (QED) is 0.332. The van der Waals surface area contributed by atoms with Gasteiger partial charge in [-0.05, 0) is 56.2 Å². The number of carbonyl (C=O) groups is 3. The number of likely N-dealkylation sites (tertiary alicyclic amines) is 1. The van der Waals surface area contributed by atoms with Crippen LogP contribution in [-0.2, 0) is 27.5 Å². The van der Waals surface area contributed by atoms with E-state index in [2.05, 4.69) is 21.6 Å². The molecule has 0 bridgehead atoms. The topological polar surface area (TPSA) is 104 Å². The summed E-state index contributed by atoms with van der Waals surface area (Å²) >= 11 is 0. The minimum atomic E-state index is -0.794. The third-order valence-corrected chi connectivity index (χ3v) is 8.20. The highest BCUT2D eigenvalue weighted by Crippen LogP contribution is 2.34. The van der Waals surface area contributed by atoms with Gasteiger partial charge in [0.05, 0.1) is 6.54 Å². The molecular formula is C32H40N4O5. The van der Waals surface area contributed by atoms with Crippen LogP contribution in [0.3, 0.4) is 0 Å². The van der Waals surface area contributed by atoms with Crippen molar-refractivity contribution in [3.8, 4) is 0 Å². The zero-order valence-corrected chi connectivity index (χ0v) is 23.8. The summed E-state index contributed by atoms with van der Waals surface area (Å²) in [7, 11) is 0. The number of piperazine rings is 1. The zero-order chi connectivity index (χ0) is 28.7. The second-order valence-electron chi connectivity index (χ2n) is 11.1. The highest BCUT2D eigenvalue weighted by atomic mass is 16.5. The molecule has 1 atom stereocenters. The maximum atomic E-state index is 13.6. The summed E-state index contributed by atoms with van der Waals surface area (Å²) in [6.07, 6.45) is 3.48. The predicted molar refractivity (Wildman–Crippen MR) is 156 cm³/mol. The highest BCUT2D eigenvalue weighted by molar-refractivity contribution is 6.00. The molecule has 2 N–H and O–H groups in total. The number of hydrogen-bond donors (Lipinski definition) is 2. The fraction of sp³-hybridized carbons (Fsp3) is 0.469. The van der Waals surface area contributed by atoms with Crippen LogP contribution in [0.25, 0.3) is 11.0 Å². The standard InChI is InChI=1S/C32H40N4O5/c1-2-18-36-29(37)27(13-8-9-17-33-31(39)40-23-24-10-4-3-5-11-24)34-30(38)32(36)15-19-35(20-16-32)22-26-21-25-12-6-7-14-28(25)41-26/h3-7,10-12,14,21,27H,2,8-9,13,15-20,22-23H2,1H3,(H,33,39)(H,34,38)/t27-/m0/s1. The number of nitrogens with zero attached hydrogens (tertiary/aromatic N) is 2. The smallest absolute Gasteiger partial charge is 0.407 e. The highest BCUT2D eigenvalue weighted by Gasteiger charge is 2.53. The van der Waals surface area contributed by atoms with Crippen LogP contribution in [0.2, 0.25) is 0 Å². The van der Waals surface area contributed by atoms with Crippen molar-refractivity contribution in [3.63, 3.8) is 0 Å². The van der Waals surface area contributed by atoms with Gasteiger partial charge in [-0.25, -0.2) is 4.79 Å². The predicted octanol–water partition coefficient (Wildman–Crippen LogP) is 4.60. The van der Waals surface area contributed by atoms with Crippen molar-refractivity contribution in [2.24, 2.45) is 0 Å². The molecule has 2 saturated heterocycles. The van der Waals surface area contributed by atoms with Crippen LogP contribution >= 0.6 is 0 Å². The van der Waals surface area contributed by atoms with Gasteiger partial charge < -0.3 is 24.7 Å². The first-order valence-electron chi connectivity index (χ1n) is 14.8. The van der Waals surface area contributed by atoms with Gasteiger partial charge in [0.15, 0.2) is 0 Å². The molecule has 2 aromatic carbocycles. The molecule has 0 radical (unpaired) electrons. The van der Waals surface area contributed by atoms with Crippen molar-refractivity contribution in [1.29, 1.82) is 0 Å². The molecule has 0 unspecified atom stereocenters. The van der Waals surface area contributed by atoms with Gasteiger partial charge in [0.1, 0.15) is 29.5 Å². The van der Waals surface area contributed by atoms with E-state index in [-0.39, 0.29) is 18.4 Å². The van der Waals surface area contributed by atoms with Gasteiger partial charge in [-0.2, -0.15) is 0 Å². The molecule has 218 valence electrons. The van der Waals surface area contributed by atoms with Gasteiger partial charge in [-0.1, -0.05) is 55.5 Å². The zero-order valence-electron chi connectivity index (χ0n) is 23.8.